The predicted molar refractivity (Wildman–Crippen MR) is 69.4 cm³/mol. The van der Waals surface area contributed by atoms with Crippen LogP contribution in [-0.4, -0.2) is 4.98 Å². The molecular formula is C13H10BrF3N2. The molecular weight excluding hydrogens is 321 g/mol. The summed E-state index contributed by atoms with van der Waals surface area (Å²) >= 11 is 3.25. The molecule has 0 bridgehead atoms. The topological polar surface area (TPSA) is 38.9 Å². The smallest absolute Gasteiger partial charge is 0.319 e. The Morgan fingerprint density at radius 1 is 1.11 bits per heavy atom. The Morgan fingerprint density at radius 2 is 1.79 bits per heavy atom. The van der Waals surface area contributed by atoms with E-state index in [1.165, 1.54) is 24.4 Å². The van der Waals surface area contributed by atoms with Gasteiger partial charge < -0.3 is 5.73 Å². The second-order valence-electron chi connectivity index (χ2n) is 3.93. The van der Waals surface area contributed by atoms with E-state index in [9.17, 15) is 13.2 Å². The zero-order valence-electron chi connectivity index (χ0n) is 9.66. The monoisotopic (exact) mass is 330 g/mol. The van der Waals surface area contributed by atoms with Gasteiger partial charge in [0.2, 0.25) is 0 Å². The van der Waals surface area contributed by atoms with Crippen LogP contribution in [0.3, 0.4) is 0 Å². The molecule has 1 unspecified atom stereocenters. The van der Waals surface area contributed by atoms with Crippen LogP contribution in [0.1, 0.15) is 22.9 Å². The summed E-state index contributed by atoms with van der Waals surface area (Å²) < 4.78 is 39.4. The summed E-state index contributed by atoms with van der Waals surface area (Å²) in [7, 11) is 0. The van der Waals surface area contributed by atoms with E-state index in [2.05, 4.69) is 20.9 Å². The number of nitrogens with two attached hydrogens (primary N) is 1. The standard InChI is InChI=1S/C13H10BrF3N2/c14-10-6-3-7-19-12(10)11(18)8-4-1-2-5-9(8)13(15,16)17/h1-7,11H,18H2. The number of nitrogens with zero attached hydrogens (tertiary/aromatic N) is 1. The quantitative estimate of drug-likeness (QED) is 0.906. The molecule has 6 heteroatoms. The summed E-state index contributed by atoms with van der Waals surface area (Å²) in [5.74, 6) is 0. The minimum absolute atomic E-state index is 0.00870. The molecule has 0 amide bonds. The molecule has 0 aliphatic heterocycles. The molecule has 0 spiro atoms. The SMILES string of the molecule is NC(c1ccccc1C(F)(F)F)c1ncccc1Br. The lowest BCUT2D eigenvalue weighted by Gasteiger charge is -2.18. The van der Waals surface area contributed by atoms with Crippen LogP contribution in [0.5, 0.6) is 0 Å². The lowest BCUT2D eigenvalue weighted by Crippen LogP contribution is -2.19. The summed E-state index contributed by atoms with van der Waals surface area (Å²) in [5.41, 5.74) is 5.57. The van der Waals surface area contributed by atoms with Gasteiger partial charge in [0, 0.05) is 10.7 Å². The van der Waals surface area contributed by atoms with Crippen LogP contribution < -0.4 is 5.73 Å². The third-order valence-electron chi connectivity index (χ3n) is 2.68. The average Bonchev–Trinajstić information content (AvgIpc) is 2.37. The van der Waals surface area contributed by atoms with E-state index in [0.29, 0.717) is 10.2 Å². The Hall–Kier alpha value is -1.40. The summed E-state index contributed by atoms with van der Waals surface area (Å²) in [6, 6.07) is 7.69. The minimum atomic E-state index is -4.44. The van der Waals surface area contributed by atoms with E-state index >= 15 is 0 Å². The molecule has 1 heterocycles. The van der Waals surface area contributed by atoms with Crippen LogP contribution in [-0.2, 0) is 6.18 Å². The van der Waals surface area contributed by atoms with Crippen molar-refractivity contribution in [3.63, 3.8) is 0 Å². The highest BCUT2D eigenvalue weighted by atomic mass is 79.9. The van der Waals surface area contributed by atoms with E-state index in [1.54, 1.807) is 12.1 Å². The fraction of sp³-hybridized carbons (Fsp3) is 0.154. The van der Waals surface area contributed by atoms with Crippen LogP contribution in [0.4, 0.5) is 13.2 Å². The summed E-state index contributed by atoms with van der Waals surface area (Å²) in [6.07, 6.45) is -2.94. The number of hydrogen-bond acceptors (Lipinski definition) is 2. The number of hydrogen-bond donors (Lipinski definition) is 1. The van der Waals surface area contributed by atoms with Gasteiger partial charge in [0.1, 0.15) is 0 Å². The molecule has 0 radical (unpaired) electrons. The van der Waals surface area contributed by atoms with Gasteiger partial charge in [-0.15, -0.1) is 0 Å². The van der Waals surface area contributed by atoms with Gasteiger partial charge in [0.25, 0.3) is 0 Å². The van der Waals surface area contributed by atoms with Crippen molar-refractivity contribution in [2.45, 2.75) is 12.2 Å². The second kappa shape index (κ2) is 5.30. The van der Waals surface area contributed by atoms with Crippen molar-refractivity contribution < 1.29 is 13.2 Å². The summed E-state index contributed by atoms with van der Waals surface area (Å²) in [4.78, 5) is 4.04. The highest BCUT2D eigenvalue weighted by Crippen LogP contribution is 2.36. The largest absolute Gasteiger partial charge is 0.416 e. The van der Waals surface area contributed by atoms with Crippen molar-refractivity contribution in [1.82, 2.24) is 4.98 Å². The minimum Gasteiger partial charge on any atom is -0.319 e. The molecule has 2 N–H and O–H groups in total. The van der Waals surface area contributed by atoms with E-state index in [4.69, 9.17) is 5.73 Å². The molecule has 100 valence electrons. The second-order valence-corrected chi connectivity index (χ2v) is 4.79. The van der Waals surface area contributed by atoms with Gasteiger partial charge in [-0.25, -0.2) is 0 Å². The number of aromatic nitrogens is 1. The van der Waals surface area contributed by atoms with Crippen LogP contribution >= 0.6 is 15.9 Å². The Kier molecular flexibility index (Phi) is 3.91. The first kappa shape index (κ1) is 14.0. The lowest BCUT2D eigenvalue weighted by molar-refractivity contribution is -0.138. The van der Waals surface area contributed by atoms with Crippen molar-refractivity contribution in [3.8, 4) is 0 Å². The van der Waals surface area contributed by atoms with Gasteiger partial charge in [-0.05, 0) is 39.7 Å². The van der Waals surface area contributed by atoms with E-state index in [-0.39, 0.29) is 5.56 Å². The molecule has 1 aromatic heterocycles. The fourth-order valence-electron chi connectivity index (χ4n) is 1.80. The summed E-state index contributed by atoms with van der Waals surface area (Å²) in [6.45, 7) is 0. The van der Waals surface area contributed by atoms with E-state index in [0.717, 1.165) is 6.07 Å². The molecule has 2 rings (SSSR count). The predicted octanol–water partition coefficient (Wildman–Crippen LogP) is 3.91. The molecule has 1 atom stereocenters. The molecule has 0 aliphatic rings. The molecule has 0 aliphatic carbocycles. The summed E-state index contributed by atoms with van der Waals surface area (Å²) in [5, 5.41) is 0. The molecule has 2 aromatic rings. The van der Waals surface area contributed by atoms with Gasteiger partial charge in [-0.2, -0.15) is 13.2 Å². The van der Waals surface area contributed by atoms with Crippen LogP contribution in [0.15, 0.2) is 47.1 Å². The zero-order chi connectivity index (χ0) is 14.0. The van der Waals surface area contributed by atoms with Crippen LogP contribution in [0, 0.1) is 0 Å². The molecule has 1 aromatic carbocycles. The average molecular weight is 331 g/mol. The number of benzene rings is 1. The zero-order valence-corrected chi connectivity index (χ0v) is 11.2. The molecule has 19 heavy (non-hydrogen) atoms. The third-order valence-corrected chi connectivity index (χ3v) is 3.35. The van der Waals surface area contributed by atoms with E-state index < -0.39 is 17.8 Å². The Balaban J connectivity index is 2.51. The normalized spacial score (nSPS) is 13.3. The first-order chi connectivity index (χ1) is 8.91. The Bertz CT molecular complexity index is 584. The van der Waals surface area contributed by atoms with Gasteiger partial charge in [0.05, 0.1) is 17.3 Å². The maximum atomic E-state index is 12.9. The lowest BCUT2D eigenvalue weighted by atomic mass is 9.98. The third kappa shape index (κ3) is 2.96. The first-order valence-electron chi connectivity index (χ1n) is 5.43. The Morgan fingerprint density at radius 3 is 2.42 bits per heavy atom. The highest BCUT2D eigenvalue weighted by Gasteiger charge is 2.35. The van der Waals surface area contributed by atoms with Crippen molar-refractivity contribution in [2.24, 2.45) is 5.73 Å². The van der Waals surface area contributed by atoms with Crippen LogP contribution in [0.2, 0.25) is 0 Å². The van der Waals surface area contributed by atoms with Gasteiger partial charge in [-0.3, -0.25) is 4.98 Å². The highest BCUT2D eigenvalue weighted by molar-refractivity contribution is 9.10. The van der Waals surface area contributed by atoms with Crippen molar-refractivity contribution in [1.29, 1.82) is 0 Å². The van der Waals surface area contributed by atoms with Gasteiger partial charge in [0.15, 0.2) is 0 Å². The maximum absolute atomic E-state index is 12.9. The number of rotatable bonds is 2. The maximum Gasteiger partial charge on any atom is 0.416 e. The number of pyridine rings is 1. The molecule has 2 nitrogen and oxygen atoms in total. The van der Waals surface area contributed by atoms with Crippen molar-refractivity contribution >= 4 is 15.9 Å². The van der Waals surface area contributed by atoms with E-state index in [1.807, 2.05) is 0 Å². The molecule has 0 saturated heterocycles. The fourth-order valence-corrected chi connectivity index (χ4v) is 2.30. The number of halogens is 4. The molecule has 0 saturated carbocycles. The van der Waals surface area contributed by atoms with Gasteiger partial charge in [-0.1, -0.05) is 18.2 Å². The van der Waals surface area contributed by atoms with Crippen molar-refractivity contribution in [3.05, 3.63) is 63.9 Å². The number of alkyl halides is 3. The van der Waals surface area contributed by atoms with Gasteiger partial charge >= 0.3 is 6.18 Å². The van der Waals surface area contributed by atoms with Crippen LogP contribution in [0.25, 0.3) is 0 Å². The molecule has 0 fully saturated rings. The van der Waals surface area contributed by atoms with Crippen molar-refractivity contribution in [2.75, 3.05) is 0 Å². The Labute approximate surface area is 116 Å². The first-order valence-corrected chi connectivity index (χ1v) is 6.22.